The van der Waals surface area contributed by atoms with Gasteiger partial charge >= 0.3 is 0 Å². The summed E-state index contributed by atoms with van der Waals surface area (Å²) in [5, 5.41) is 0. The van der Waals surface area contributed by atoms with E-state index in [1.54, 1.807) is 0 Å². The zero-order valence-corrected chi connectivity index (χ0v) is 18.5. The summed E-state index contributed by atoms with van der Waals surface area (Å²) < 4.78 is 7.85. The molecule has 0 saturated carbocycles. The molecular formula is C24H23BrOSi. The first-order chi connectivity index (χ1) is 12.9. The van der Waals surface area contributed by atoms with Crippen molar-refractivity contribution in [1.82, 2.24) is 0 Å². The lowest BCUT2D eigenvalue weighted by Gasteiger charge is -2.36. The van der Waals surface area contributed by atoms with Gasteiger partial charge in [-0.05, 0) is 55.0 Å². The molecule has 3 heteroatoms. The van der Waals surface area contributed by atoms with Gasteiger partial charge in [-0.15, -0.1) is 0 Å². The van der Waals surface area contributed by atoms with Crippen molar-refractivity contribution in [3.8, 4) is 11.8 Å². The van der Waals surface area contributed by atoms with Crippen LogP contribution < -0.4 is 0 Å². The number of hydrogen-bond donors (Lipinski definition) is 0. The van der Waals surface area contributed by atoms with E-state index in [4.69, 9.17) is 4.43 Å². The number of hydrogen-bond acceptors (Lipinski definition) is 1. The molecule has 136 valence electrons. The van der Waals surface area contributed by atoms with Crippen LogP contribution in [0.5, 0.6) is 0 Å². The highest BCUT2D eigenvalue weighted by Gasteiger charge is 2.38. The summed E-state index contributed by atoms with van der Waals surface area (Å²) in [5.41, 5.74) is 2.28. The highest BCUT2D eigenvalue weighted by atomic mass is 79.9. The lowest BCUT2D eigenvalue weighted by molar-refractivity contribution is 0.166. The summed E-state index contributed by atoms with van der Waals surface area (Å²) in [6, 6.07) is 28.7. The Labute approximate surface area is 171 Å². The standard InChI is InChI=1S/C24H23BrOSi/c1-27(2,3)26-24(21-12-8-5-9-13-21,22-14-16-23(25)17-15-22)19-18-20-10-6-4-7-11-20/h4-17H,1-3H3. The first-order valence-corrected chi connectivity index (χ1v) is 13.2. The van der Waals surface area contributed by atoms with E-state index in [1.165, 1.54) is 0 Å². The lowest BCUT2D eigenvalue weighted by atomic mass is 9.86. The molecule has 0 bridgehead atoms. The molecule has 0 saturated heterocycles. The van der Waals surface area contributed by atoms with E-state index in [0.717, 1.165) is 21.2 Å². The van der Waals surface area contributed by atoms with Gasteiger partial charge in [-0.1, -0.05) is 88.4 Å². The fourth-order valence-electron chi connectivity index (χ4n) is 2.95. The minimum absolute atomic E-state index is 0.803. The van der Waals surface area contributed by atoms with Crippen molar-refractivity contribution in [3.05, 3.63) is 106 Å². The van der Waals surface area contributed by atoms with Crippen LogP contribution in [0.25, 0.3) is 0 Å². The van der Waals surface area contributed by atoms with Crippen LogP contribution in [-0.4, -0.2) is 8.32 Å². The third-order valence-corrected chi connectivity index (χ3v) is 5.49. The Morgan fingerprint density at radius 3 is 1.81 bits per heavy atom. The Morgan fingerprint density at radius 2 is 1.26 bits per heavy atom. The maximum atomic E-state index is 6.81. The molecule has 0 aromatic heterocycles. The van der Waals surface area contributed by atoms with E-state index in [-0.39, 0.29) is 0 Å². The Kier molecular flexibility index (Phi) is 6.01. The number of rotatable bonds is 4. The van der Waals surface area contributed by atoms with E-state index in [9.17, 15) is 0 Å². The molecule has 0 aliphatic heterocycles. The molecule has 1 atom stereocenters. The van der Waals surface area contributed by atoms with Crippen molar-refractivity contribution in [2.45, 2.75) is 25.2 Å². The largest absolute Gasteiger partial charge is 0.395 e. The summed E-state index contributed by atoms with van der Waals surface area (Å²) >= 11 is 3.54. The zero-order valence-electron chi connectivity index (χ0n) is 15.9. The van der Waals surface area contributed by atoms with Crippen LogP contribution in [0.1, 0.15) is 16.7 Å². The molecule has 0 aliphatic carbocycles. The monoisotopic (exact) mass is 434 g/mol. The van der Waals surface area contributed by atoms with Gasteiger partial charge in [0.05, 0.1) is 0 Å². The van der Waals surface area contributed by atoms with Crippen LogP contribution in [0.15, 0.2) is 89.4 Å². The highest BCUT2D eigenvalue weighted by Crippen LogP contribution is 2.37. The minimum Gasteiger partial charge on any atom is -0.395 e. The maximum Gasteiger partial charge on any atom is 0.186 e. The molecule has 0 heterocycles. The van der Waals surface area contributed by atoms with Gasteiger partial charge in [-0.25, -0.2) is 0 Å². The SMILES string of the molecule is C[Si](C)(C)OC(C#Cc1ccccc1)(c1ccccc1)c1ccc(Br)cc1. The average molecular weight is 435 g/mol. The first kappa shape index (κ1) is 19.6. The van der Waals surface area contributed by atoms with Crippen molar-refractivity contribution in [2.24, 2.45) is 0 Å². The van der Waals surface area contributed by atoms with E-state index in [2.05, 4.69) is 71.7 Å². The molecule has 3 aromatic rings. The van der Waals surface area contributed by atoms with Gasteiger partial charge in [0.15, 0.2) is 13.9 Å². The third-order valence-electron chi connectivity index (χ3n) is 4.05. The van der Waals surface area contributed by atoms with Crippen molar-refractivity contribution < 1.29 is 4.43 Å². The third kappa shape index (κ3) is 4.99. The summed E-state index contributed by atoms with van der Waals surface area (Å²) in [5.74, 6) is 6.86. The number of halogens is 1. The Morgan fingerprint density at radius 1 is 0.741 bits per heavy atom. The summed E-state index contributed by atoms with van der Waals surface area (Å²) in [7, 11) is -1.92. The van der Waals surface area contributed by atoms with Crippen LogP contribution in [-0.2, 0) is 10.0 Å². The highest BCUT2D eigenvalue weighted by molar-refractivity contribution is 9.10. The molecule has 0 amide bonds. The average Bonchev–Trinajstić information content (AvgIpc) is 2.66. The van der Waals surface area contributed by atoms with Crippen molar-refractivity contribution in [3.63, 3.8) is 0 Å². The predicted octanol–water partition coefficient (Wildman–Crippen LogP) is 6.60. The van der Waals surface area contributed by atoms with Crippen LogP contribution in [0.4, 0.5) is 0 Å². The fourth-order valence-corrected chi connectivity index (χ4v) is 4.42. The molecule has 1 nitrogen and oxygen atoms in total. The van der Waals surface area contributed by atoms with E-state index >= 15 is 0 Å². The Balaban J connectivity index is 2.24. The van der Waals surface area contributed by atoms with Crippen LogP contribution in [0, 0.1) is 11.8 Å². The Hall–Kier alpha value is -2.12. The number of benzene rings is 3. The van der Waals surface area contributed by atoms with Gasteiger partial charge in [-0.2, -0.15) is 0 Å². The molecule has 0 N–H and O–H groups in total. The lowest BCUT2D eigenvalue weighted by Crippen LogP contribution is -2.40. The van der Waals surface area contributed by atoms with Gasteiger partial charge in [0.25, 0.3) is 0 Å². The molecule has 0 radical (unpaired) electrons. The Bertz CT molecular complexity index is 935. The second kappa shape index (κ2) is 8.27. The smallest absolute Gasteiger partial charge is 0.186 e. The zero-order chi connectivity index (χ0) is 19.3. The summed E-state index contributed by atoms with van der Waals surface area (Å²) in [4.78, 5) is 0. The molecule has 0 fully saturated rings. The predicted molar refractivity (Wildman–Crippen MR) is 119 cm³/mol. The molecule has 1 unspecified atom stereocenters. The summed E-state index contributed by atoms with van der Waals surface area (Å²) in [6.45, 7) is 6.61. The minimum atomic E-state index is -1.92. The quantitative estimate of drug-likeness (QED) is 0.332. The molecule has 0 aliphatic rings. The van der Waals surface area contributed by atoms with Gasteiger partial charge < -0.3 is 4.43 Å². The van der Waals surface area contributed by atoms with E-state index in [1.807, 2.05) is 60.7 Å². The molecular weight excluding hydrogens is 412 g/mol. The fraction of sp³-hybridized carbons (Fsp3) is 0.167. The normalized spacial score (nSPS) is 13.3. The summed E-state index contributed by atoms with van der Waals surface area (Å²) in [6.07, 6.45) is 0. The van der Waals surface area contributed by atoms with Gasteiger partial charge in [0.2, 0.25) is 0 Å². The van der Waals surface area contributed by atoms with Crippen molar-refractivity contribution in [2.75, 3.05) is 0 Å². The van der Waals surface area contributed by atoms with E-state index < -0.39 is 13.9 Å². The maximum absolute atomic E-state index is 6.81. The molecule has 3 aromatic carbocycles. The van der Waals surface area contributed by atoms with Gasteiger partial charge in [0.1, 0.15) is 0 Å². The van der Waals surface area contributed by atoms with Gasteiger partial charge in [-0.3, -0.25) is 0 Å². The molecule has 0 spiro atoms. The van der Waals surface area contributed by atoms with Gasteiger partial charge in [0, 0.05) is 10.0 Å². The van der Waals surface area contributed by atoms with Crippen molar-refractivity contribution >= 4 is 24.2 Å². The topological polar surface area (TPSA) is 9.23 Å². The molecule has 3 rings (SSSR count). The van der Waals surface area contributed by atoms with Crippen LogP contribution in [0.3, 0.4) is 0 Å². The van der Waals surface area contributed by atoms with Crippen LogP contribution in [0.2, 0.25) is 19.6 Å². The second-order valence-electron chi connectivity index (χ2n) is 7.38. The molecule has 27 heavy (non-hydrogen) atoms. The van der Waals surface area contributed by atoms with Crippen molar-refractivity contribution in [1.29, 1.82) is 0 Å². The second-order valence-corrected chi connectivity index (χ2v) is 12.7. The van der Waals surface area contributed by atoms with Crippen LogP contribution >= 0.6 is 15.9 Å². The van der Waals surface area contributed by atoms with E-state index in [0.29, 0.717) is 0 Å². The first-order valence-electron chi connectivity index (χ1n) is 8.99.